The lowest BCUT2D eigenvalue weighted by Crippen LogP contribution is -2.18. The van der Waals surface area contributed by atoms with E-state index in [9.17, 15) is 4.79 Å². The number of carbonyl (C=O) groups is 1. The summed E-state index contributed by atoms with van der Waals surface area (Å²) in [6.45, 7) is 2.50. The van der Waals surface area contributed by atoms with Gasteiger partial charge in [-0.25, -0.2) is 4.68 Å². The fourth-order valence-corrected chi connectivity index (χ4v) is 1.72. The molecule has 2 rings (SSSR count). The highest BCUT2D eigenvalue weighted by Gasteiger charge is 2.30. The molecule has 0 aliphatic carbocycles. The summed E-state index contributed by atoms with van der Waals surface area (Å²) in [6.07, 6.45) is 2.49. The molecule has 0 aromatic carbocycles. The molecule has 1 saturated heterocycles. The number of ether oxygens (including phenoxy) is 1. The molecule has 1 aliphatic heterocycles. The van der Waals surface area contributed by atoms with Crippen molar-refractivity contribution in [2.45, 2.75) is 19.4 Å². The molecule has 2 atom stereocenters. The van der Waals surface area contributed by atoms with Crippen LogP contribution in [-0.4, -0.2) is 33.5 Å². The molecule has 0 amide bonds. The summed E-state index contributed by atoms with van der Waals surface area (Å²) in [5.41, 5.74) is 0.563. The van der Waals surface area contributed by atoms with Gasteiger partial charge in [-0.2, -0.15) is 0 Å². The smallest absolute Gasteiger partial charge is 0.187 e. The Bertz CT molecular complexity index is 348. The van der Waals surface area contributed by atoms with Gasteiger partial charge < -0.3 is 4.74 Å². The molecule has 0 saturated carbocycles. The Morgan fingerprint density at radius 3 is 3.00 bits per heavy atom. The molecule has 14 heavy (non-hydrogen) atoms. The van der Waals surface area contributed by atoms with E-state index in [1.54, 1.807) is 7.05 Å². The summed E-state index contributed by atoms with van der Waals surface area (Å²) in [6, 6.07) is 0. The molecule has 1 aliphatic rings. The van der Waals surface area contributed by atoms with E-state index in [1.165, 1.54) is 10.9 Å². The van der Waals surface area contributed by atoms with Crippen LogP contribution >= 0.6 is 0 Å². The van der Waals surface area contributed by atoms with Crippen molar-refractivity contribution in [2.75, 3.05) is 6.61 Å². The van der Waals surface area contributed by atoms with Gasteiger partial charge in [0, 0.05) is 13.0 Å². The number of nitrogens with zero attached hydrogens (tertiary/aromatic N) is 3. The van der Waals surface area contributed by atoms with Gasteiger partial charge >= 0.3 is 0 Å². The van der Waals surface area contributed by atoms with E-state index in [-0.39, 0.29) is 17.8 Å². The lowest BCUT2D eigenvalue weighted by Gasteiger charge is -2.05. The van der Waals surface area contributed by atoms with Gasteiger partial charge in [-0.1, -0.05) is 5.21 Å². The lowest BCUT2D eigenvalue weighted by atomic mass is 9.99. The number of aryl methyl sites for hydroxylation is 1. The van der Waals surface area contributed by atoms with E-state index in [0.29, 0.717) is 12.3 Å². The number of carbonyl (C=O) groups excluding carboxylic acids is 1. The Balaban J connectivity index is 2.13. The van der Waals surface area contributed by atoms with Gasteiger partial charge in [0.2, 0.25) is 0 Å². The molecule has 0 N–H and O–H groups in total. The molecule has 5 nitrogen and oxygen atoms in total. The first kappa shape index (κ1) is 9.33. The Kier molecular flexibility index (Phi) is 2.33. The van der Waals surface area contributed by atoms with Crippen LogP contribution in [0.25, 0.3) is 0 Å². The quantitative estimate of drug-likeness (QED) is 0.642. The topological polar surface area (TPSA) is 57.0 Å². The second-order valence-corrected chi connectivity index (χ2v) is 3.68. The van der Waals surface area contributed by atoms with Crippen molar-refractivity contribution in [3.05, 3.63) is 11.9 Å². The Morgan fingerprint density at radius 1 is 1.71 bits per heavy atom. The lowest BCUT2D eigenvalue weighted by molar-refractivity contribution is 0.0869. The number of hydrogen-bond donors (Lipinski definition) is 0. The maximum Gasteiger partial charge on any atom is 0.187 e. The Labute approximate surface area is 82.1 Å². The van der Waals surface area contributed by atoms with Gasteiger partial charge in [0.25, 0.3) is 0 Å². The zero-order valence-electron chi connectivity index (χ0n) is 8.30. The van der Waals surface area contributed by atoms with E-state index in [1.807, 2.05) is 6.92 Å². The zero-order chi connectivity index (χ0) is 10.1. The first-order valence-corrected chi connectivity index (χ1v) is 4.69. The molecule has 5 heteroatoms. The van der Waals surface area contributed by atoms with Crippen molar-refractivity contribution in [2.24, 2.45) is 13.0 Å². The summed E-state index contributed by atoms with van der Waals surface area (Å²) in [4.78, 5) is 11.9. The maximum atomic E-state index is 11.9. The Hall–Kier alpha value is -1.23. The maximum absolute atomic E-state index is 11.9. The number of aromatic nitrogens is 3. The normalized spacial score (nSPS) is 26.7. The van der Waals surface area contributed by atoms with Gasteiger partial charge in [-0.3, -0.25) is 4.79 Å². The van der Waals surface area contributed by atoms with Crippen LogP contribution in [0.3, 0.4) is 0 Å². The monoisotopic (exact) mass is 195 g/mol. The predicted molar refractivity (Wildman–Crippen MR) is 48.9 cm³/mol. The molecule has 0 radical (unpaired) electrons. The average molecular weight is 195 g/mol. The molecular weight excluding hydrogens is 182 g/mol. The van der Waals surface area contributed by atoms with Crippen molar-refractivity contribution in [3.8, 4) is 0 Å². The third-order valence-corrected chi connectivity index (χ3v) is 2.54. The Morgan fingerprint density at radius 2 is 2.50 bits per heavy atom. The van der Waals surface area contributed by atoms with E-state index in [4.69, 9.17) is 4.74 Å². The van der Waals surface area contributed by atoms with E-state index < -0.39 is 0 Å². The van der Waals surface area contributed by atoms with Crippen molar-refractivity contribution in [1.29, 1.82) is 0 Å². The minimum Gasteiger partial charge on any atom is -0.378 e. The molecule has 0 spiro atoms. The molecule has 2 unspecified atom stereocenters. The van der Waals surface area contributed by atoms with Gasteiger partial charge in [-0.15, -0.1) is 5.10 Å². The van der Waals surface area contributed by atoms with Crippen LogP contribution in [-0.2, 0) is 11.8 Å². The van der Waals surface area contributed by atoms with Crippen LogP contribution in [0.5, 0.6) is 0 Å². The van der Waals surface area contributed by atoms with Crippen LogP contribution in [0, 0.1) is 5.92 Å². The zero-order valence-corrected chi connectivity index (χ0v) is 8.30. The molecule has 1 fully saturated rings. The van der Waals surface area contributed by atoms with Crippen molar-refractivity contribution < 1.29 is 9.53 Å². The first-order valence-electron chi connectivity index (χ1n) is 4.69. The number of ketones is 1. The minimum absolute atomic E-state index is 0.0257. The van der Waals surface area contributed by atoms with Crippen molar-refractivity contribution in [1.82, 2.24) is 15.0 Å². The molecule has 76 valence electrons. The standard InChI is InChI=1S/C9H13N3O2/c1-6-3-7(5-14-6)9(13)8-4-10-11-12(8)2/h4,6-7H,3,5H2,1-2H3. The summed E-state index contributed by atoms with van der Waals surface area (Å²) < 4.78 is 6.86. The van der Waals surface area contributed by atoms with Crippen LogP contribution in [0.1, 0.15) is 23.8 Å². The van der Waals surface area contributed by atoms with Crippen LogP contribution in [0.15, 0.2) is 6.20 Å². The molecule has 1 aromatic heterocycles. The van der Waals surface area contributed by atoms with Gasteiger partial charge in [0.05, 0.1) is 18.9 Å². The fourth-order valence-electron chi connectivity index (χ4n) is 1.72. The average Bonchev–Trinajstić information content (AvgIpc) is 2.73. The molecule has 0 bridgehead atoms. The van der Waals surface area contributed by atoms with E-state index >= 15 is 0 Å². The highest BCUT2D eigenvalue weighted by atomic mass is 16.5. The highest BCUT2D eigenvalue weighted by Crippen LogP contribution is 2.22. The summed E-state index contributed by atoms with van der Waals surface area (Å²) in [5.74, 6) is 0.0593. The highest BCUT2D eigenvalue weighted by molar-refractivity contribution is 5.96. The number of Topliss-reactive ketones (excluding diaryl/α,β-unsaturated/α-hetero) is 1. The SMILES string of the molecule is CC1CC(C(=O)c2cnnn2C)CO1. The van der Waals surface area contributed by atoms with Crippen molar-refractivity contribution >= 4 is 5.78 Å². The predicted octanol–water partition coefficient (Wildman–Crippen LogP) is 0.423. The van der Waals surface area contributed by atoms with Crippen LogP contribution < -0.4 is 0 Å². The van der Waals surface area contributed by atoms with Gasteiger partial charge in [0.15, 0.2) is 5.78 Å². The summed E-state index contributed by atoms with van der Waals surface area (Å²) >= 11 is 0. The van der Waals surface area contributed by atoms with Crippen LogP contribution in [0.4, 0.5) is 0 Å². The molecular formula is C9H13N3O2. The van der Waals surface area contributed by atoms with Gasteiger partial charge in [0.1, 0.15) is 5.69 Å². The fraction of sp³-hybridized carbons (Fsp3) is 0.667. The van der Waals surface area contributed by atoms with E-state index in [2.05, 4.69) is 10.3 Å². The summed E-state index contributed by atoms with van der Waals surface area (Å²) in [7, 11) is 1.72. The van der Waals surface area contributed by atoms with Crippen molar-refractivity contribution in [3.63, 3.8) is 0 Å². The molecule has 1 aromatic rings. The first-order chi connectivity index (χ1) is 6.68. The van der Waals surface area contributed by atoms with Crippen LogP contribution in [0.2, 0.25) is 0 Å². The number of rotatable bonds is 2. The minimum atomic E-state index is -0.0257. The summed E-state index contributed by atoms with van der Waals surface area (Å²) in [5, 5.41) is 7.42. The third kappa shape index (κ3) is 1.55. The third-order valence-electron chi connectivity index (χ3n) is 2.54. The molecule has 2 heterocycles. The second-order valence-electron chi connectivity index (χ2n) is 3.68. The van der Waals surface area contributed by atoms with E-state index in [0.717, 1.165) is 6.42 Å². The largest absolute Gasteiger partial charge is 0.378 e. The van der Waals surface area contributed by atoms with Gasteiger partial charge in [-0.05, 0) is 13.3 Å². The number of hydrogen-bond acceptors (Lipinski definition) is 4. The second kappa shape index (κ2) is 3.49.